The summed E-state index contributed by atoms with van der Waals surface area (Å²) < 4.78 is 43.9. The normalized spacial score (nSPS) is 31.3. The zero-order valence-electron chi connectivity index (χ0n) is 26.7. The van der Waals surface area contributed by atoms with Crippen LogP contribution in [0.4, 0.5) is 0 Å². The highest BCUT2D eigenvalue weighted by Gasteiger charge is 2.57. The number of benzene rings is 2. The smallest absolute Gasteiger partial charge is 0.187 e. The Labute approximate surface area is 256 Å². The largest absolute Gasteiger partial charge is 0.392 e. The fourth-order valence-corrected chi connectivity index (χ4v) is 6.79. The van der Waals surface area contributed by atoms with Crippen molar-refractivity contribution in [2.45, 2.75) is 110 Å². The molecule has 3 aliphatic rings. The number of rotatable bonds is 13. The fraction of sp³-hybridized carbons (Fsp3) is 0.657. The second-order valence-electron chi connectivity index (χ2n) is 13.4. The molecule has 0 amide bonds. The summed E-state index contributed by atoms with van der Waals surface area (Å²) in [4.78, 5) is 0. The van der Waals surface area contributed by atoms with Crippen molar-refractivity contribution in [3.63, 3.8) is 0 Å². The van der Waals surface area contributed by atoms with E-state index in [1.807, 2.05) is 71.0 Å². The van der Waals surface area contributed by atoms with E-state index in [0.717, 1.165) is 11.1 Å². The van der Waals surface area contributed by atoms with Gasteiger partial charge in [-0.3, -0.25) is 0 Å². The summed E-state index contributed by atoms with van der Waals surface area (Å²) in [5.41, 5.74) is 2.19. The first-order valence-electron chi connectivity index (χ1n) is 15.7. The maximum atomic E-state index is 11.9. The van der Waals surface area contributed by atoms with Gasteiger partial charge in [0.25, 0.3) is 0 Å². The third-order valence-corrected chi connectivity index (χ3v) is 9.18. The lowest BCUT2D eigenvalue weighted by atomic mass is 9.78. The van der Waals surface area contributed by atoms with E-state index in [-0.39, 0.29) is 48.1 Å². The van der Waals surface area contributed by atoms with Crippen molar-refractivity contribution in [3.8, 4) is 0 Å². The molecule has 0 aromatic heterocycles. The van der Waals surface area contributed by atoms with Gasteiger partial charge >= 0.3 is 0 Å². The number of aliphatic hydroxyl groups is 1. The molecule has 3 fully saturated rings. The van der Waals surface area contributed by atoms with Crippen LogP contribution in [0.1, 0.15) is 59.6 Å². The van der Waals surface area contributed by atoms with E-state index in [1.165, 1.54) is 0 Å². The molecule has 43 heavy (non-hydrogen) atoms. The van der Waals surface area contributed by atoms with E-state index in [9.17, 15) is 5.11 Å². The second-order valence-corrected chi connectivity index (χ2v) is 13.4. The Morgan fingerprint density at radius 2 is 1.44 bits per heavy atom. The van der Waals surface area contributed by atoms with Crippen LogP contribution in [0.2, 0.25) is 0 Å². The molecule has 238 valence electrons. The van der Waals surface area contributed by atoms with E-state index in [0.29, 0.717) is 26.4 Å². The van der Waals surface area contributed by atoms with Gasteiger partial charge in [-0.15, -0.1) is 0 Å². The van der Waals surface area contributed by atoms with Crippen LogP contribution < -0.4 is 0 Å². The van der Waals surface area contributed by atoms with Crippen molar-refractivity contribution >= 4 is 0 Å². The molecule has 2 aromatic rings. The Morgan fingerprint density at radius 1 is 0.814 bits per heavy atom. The van der Waals surface area contributed by atoms with Gasteiger partial charge in [-0.2, -0.15) is 0 Å². The molecule has 0 bridgehead atoms. The molecule has 2 aromatic carbocycles. The number of hydrogen-bond donors (Lipinski definition) is 1. The SMILES string of the molecule is C[C@H]([C@@H](O)[C@H](C)[C@H](OCc1ccccc1)[C@H](C)[C@H]1COC(C)(C)O1)[C@H]1O[C@@H]2OC(C)(C)O[C@@H]2[C@@H]1COCc1ccccc1. The van der Waals surface area contributed by atoms with Crippen molar-refractivity contribution in [2.24, 2.45) is 23.7 Å². The molecule has 8 nitrogen and oxygen atoms in total. The first kappa shape index (κ1) is 32.5. The van der Waals surface area contributed by atoms with Gasteiger partial charge in [0.1, 0.15) is 6.10 Å². The van der Waals surface area contributed by atoms with Crippen LogP contribution in [0.3, 0.4) is 0 Å². The summed E-state index contributed by atoms with van der Waals surface area (Å²) in [7, 11) is 0. The number of aliphatic hydroxyl groups excluding tert-OH is 1. The Morgan fingerprint density at radius 3 is 2.05 bits per heavy atom. The van der Waals surface area contributed by atoms with Gasteiger partial charge in [0.15, 0.2) is 17.9 Å². The number of ether oxygens (including phenoxy) is 7. The highest BCUT2D eigenvalue weighted by atomic mass is 16.8. The minimum atomic E-state index is -0.740. The van der Waals surface area contributed by atoms with E-state index >= 15 is 0 Å². The van der Waals surface area contributed by atoms with Gasteiger partial charge in [0, 0.05) is 23.7 Å². The molecular formula is C35H50O8. The Balaban J connectivity index is 1.30. The van der Waals surface area contributed by atoms with Gasteiger partial charge in [-0.05, 0) is 38.8 Å². The van der Waals surface area contributed by atoms with Crippen molar-refractivity contribution in [1.82, 2.24) is 0 Å². The van der Waals surface area contributed by atoms with Gasteiger partial charge < -0.3 is 38.3 Å². The predicted molar refractivity (Wildman–Crippen MR) is 162 cm³/mol. The lowest BCUT2D eigenvalue weighted by Gasteiger charge is -2.39. The minimum absolute atomic E-state index is 0.0244. The fourth-order valence-electron chi connectivity index (χ4n) is 6.79. The Hall–Kier alpha value is -1.88. The summed E-state index contributed by atoms with van der Waals surface area (Å²) in [6.45, 7) is 15.7. The molecule has 10 atom stereocenters. The third-order valence-electron chi connectivity index (χ3n) is 9.18. The molecule has 3 heterocycles. The van der Waals surface area contributed by atoms with Crippen molar-refractivity contribution in [3.05, 3.63) is 71.8 Å². The molecular weight excluding hydrogens is 548 g/mol. The van der Waals surface area contributed by atoms with E-state index < -0.39 is 24.0 Å². The lowest BCUT2D eigenvalue weighted by Crippen LogP contribution is -2.47. The van der Waals surface area contributed by atoms with E-state index in [1.54, 1.807) is 0 Å². The molecule has 0 spiro atoms. The zero-order valence-corrected chi connectivity index (χ0v) is 26.7. The molecule has 3 aliphatic heterocycles. The predicted octanol–water partition coefficient (Wildman–Crippen LogP) is 5.70. The molecule has 1 N–H and O–H groups in total. The first-order valence-corrected chi connectivity index (χ1v) is 15.7. The zero-order chi connectivity index (χ0) is 30.8. The molecule has 8 heteroatoms. The van der Waals surface area contributed by atoms with E-state index in [2.05, 4.69) is 38.1 Å². The molecule has 0 unspecified atom stereocenters. The Kier molecular flexibility index (Phi) is 10.3. The van der Waals surface area contributed by atoms with Gasteiger partial charge in [0.05, 0.1) is 50.8 Å². The van der Waals surface area contributed by atoms with Crippen molar-refractivity contribution in [1.29, 1.82) is 0 Å². The Bertz CT molecular complexity index is 1140. The maximum Gasteiger partial charge on any atom is 0.187 e. The molecule has 3 saturated heterocycles. The van der Waals surface area contributed by atoms with Crippen molar-refractivity contribution in [2.75, 3.05) is 13.2 Å². The van der Waals surface area contributed by atoms with Crippen LogP contribution in [0.25, 0.3) is 0 Å². The highest BCUT2D eigenvalue weighted by molar-refractivity contribution is 5.14. The van der Waals surface area contributed by atoms with Crippen LogP contribution in [0.5, 0.6) is 0 Å². The molecule has 0 aliphatic carbocycles. The molecule has 0 radical (unpaired) electrons. The van der Waals surface area contributed by atoms with Crippen LogP contribution in [0, 0.1) is 23.7 Å². The third kappa shape index (κ3) is 7.86. The number of fused-ring (bicyclic) bond motifs is 1. The van der Waals surface area contributed by atoms with Gasteiger partial charge in [-0.1, -0.05) is 81.4 Å². The summed E-state index contributed by atoms with van der Waals surface area (Å²) in [6.07, 6.45) is -2.28. The molecule has 0 saturated carbocycles. The summed E-state index contributed by atoms with van der Waals surface area (Å²) in [6, 6.07) is 20.2. The second kappa shape index (κ2) is 13.6. The van der Waals surface area contributed by atoms with Crippen LogP contribution in [-0.4, -0.2) is 66.7 Å². The summed E-state index contributed by atoms with van der Waals surface area (Å²) in [5, 5.41) is 11.9. The first-order chi connectivity index (χ1) is 20.4. The molecule has 5 rings (SSSR count). The van der Waals surface area contributed by atoms with Crippen molar-refractivity contribution < 1.29 is 38.3 Å². The average Bonchev–Trinajstić information content (AvgIpc) is 3.61. The van der Waals surface area contributed by atoms with Crippen LogP contribution >= 0.6 is 0 Å². The maximum absolute atomic E-state index is 11.9. The average molecular weight is 599 g/mol. The van der Waals surface area contributed by atoms with Gasteiger partial charge in [-0.25, -0.2) is 0 Å². The van der Waals surface area contributed by atoms with Crippen LogP contribution in [-0.2, 0) is 46.4 Å². The van der Waals surface area contributed by atoms with Crippen LogP contribution in [0.15, 0.2) is 60.7 Å². The quantitative estimate of drug-likeness (QED) is 0.314. The summed E-state index contributed by atoms with van der Waals surface area (Å²) >= 11 is 0. The summed E-state index contributed by atoms with van der Waals surface area (Å²) in [5.74, 6) is -1.99. The highest BCUT2D eigenvalue weighted by Crippen LogP contribution is 2.45. The standard InChI is InChI=1S/C35H50O8/c1-22(28-21-39-34(4,5)41-28)30(38-19-26-16-12-9-13-17-26)23(2)29(36)24(3)31-27(20-37-18-25-14-10-8-11-15-25)32-33(40-31)43-35(6,7)42-32/h8-17,22-24,27-33,36H,18-21H2,1-7H3/t22-,23+,24-,27-,28-,29+,30-,31-,32-,33-/m1/s1. The van der Waals surface area contributed by atoms with Gasteiger partial charge in [0.2, 0.25) is 0 Å². The topological polar surface area (TPSA) is 84.8 Å². The number of hydrogen-bond acceptors (Lipinski definition) is 8. The monoisotopic (exact) mass is 598 g/mol. The lowest BCUT2D eigenvalue weighted by molar-refractivity contribution is -0.223. The van der Waals surface area contributed by atoms with E-state index in [4.69, 9.17) is 33.2 Å². The minimum Gasteiger partial charge on any atom is -0.392 e.